The standard InChI is InChI=1S/C4H9NO6S/c6-1-2(7)4(5-3(1)8)12(9,10)11/h1-8H,(H,9,10,11)/t1-,2+,3-,4-/m0/s1. The molecule has 0 aromatic carbocycles. The lowest BCUT2D eigenvalue weighted by molar-refractivity contribution is -0.0219. The van der Waals surface area contributed by atoms with Gasteiger partial charge >= 0.3 is 0 Å². The maximum Gasteiger partial charge on any atom is 0.283 e. The van der Waals surface area contributed by atoms with E-state index in [4.69, 9.17) is 19.9 Å². The van der Waals surface area contributed by atoms with Crippen molar-refractivity contribution < 1.29 is 28.3 Å². The van der Waals surface area contributed by atoms with Gasteiger partial charge in [0.2, 0.25) is 0 Å². The van der Waals surface area contributed by atoms with Crippen molar-refractivity contribution in [2.24, 2.45) is 0 Å². The maximum absolute atomic E-state index is 10.4. The highest BCUT2D eigenvalue weighted by molar-refractivity contribution is 7.86. The molecule has 72 valence electrons. The molecule has 1 aliphatic heterocycles. The Bertz CT molecular complexity index is 263. The molecule has 0 aromatic rings. The van der Waals surface area contributed by atoms with Crippen LogP contribution in [0.2, 0.25) is 0 Å². The zero-order valence-corrected chi connectivity index (χ0v) is 6.64. The zero-order valence-electron chi connectivity index (χ0n) is 5.82. The molecule has 0 saturated carbocycles. The first-order chi connectivity index (χ1) is 5.34. The summed E-state index contributed by atoms with van der Waals surface area (Å²) in [7, 11) is -4.50. The Kier molecular flexibility index (Phi) is 2.38. The van der Waals surface area contributed by atoms with Crippen molar-refractivity contribution in [3.05, 3.63) is 0 Å². The lowest BCUT2D eigenvalue weighted by atomic mass is 10.2. The van der Waals surface area contributed by atoms with Crippen molar-refractivity contribution in [3.63, 3.8) is 0 Å². The summed E-state index contributed by atoms with van der Waals surface area (Å²) >= 11 is 0. The Morgan fingerprint density at radius 2 is 1.58 bits per heavy atom. The SMILES string of the molecule is O=S(=O)(O)[C@@H]1N[C@@H](O)[C@@H](O)[C@H]1O. The minimum Gasteiger partial charge on any atom is -0.387 e. The molecule has 1 fully saturated rings. The molecule has 1 aliphatic rings. The van der Waals surface area contributed by atoms with Crippen molar-refractivity contribution in [2.75, 3.05) is 0 Å². The van der Waals surface area contributed by atoms with Gasteiger partial charge in [0.05, 0.1) is 0 Å². The second kappa shape index (κ2) is 2.91. The first kappa shape index (κ1) is 9.84. The van der Waals surface area contributed by atoms with E-state index in [-0.39, 0.29) is 0 Å². The van der Waals surface area contributed by atoms with Gasteiger partial charge < -0.3 is 15.3 Å². The van der Waals surface area contributed by atoms with E-state index in [1.54, 1.807) is 0 Å². The second-order valence-corrected chi connectivity index (χ2v) is 4.07. The summed E-state index contributed by atoms with van der Waals surface area (Å²) in [6, 6.07) is 0. The molecule has 0 radical (unpaired) electrons. The van der Waals surface area contributed by atoms with Crippen LogP contribution in [0.4, 0.5) is 0 Å². The van der Waals surface area contributed by atoms with E-state index < -0.39 is 33.9 Å². The molecule has 0 aromatic heterocycles. The normalized spacial score (nSPS) is 43.3. The van der Waals surface area contributed by atoms with Crippen LogP contribution in [0.3, 0.4) is 0 Å². The van der Waals surface area contributed by atoms with Gasteiger partial charge in [-0.3, -0.25) is 9.87 Å². The van der Waals surface area contributed by atoms with Crippen molar-refractivity contribution in [1.29, 1.82) is 0 Å². The van der Waals surface area contributed by atoms with Gasteiger partial charge in [-0.25, -0.2) is 0 Å². The summed E-state index contributed by atoms with van der Waals surface area (Å²) in [5.41, 5.74) is 0. The summed E-state index contributed by atoms with van der Waals surface area (Å²) in [4.78, 5) is 0. The number of rotatable bonds is 1. The van der Waals surface area contributed by atoms with E-state index in [1.807, 2.05) is 5.32 Å². The van der Waals surface area contributed by atoms with E-state index in [0.717, 1.165) is 0 Å². The average Bonchev–Trinajstić information content (AvgIpc) is 2.15. The van der Waals surface area contributed by atoms with Crippen LogP contribution in [0.1, 0.15) is 0 Å². The van der Waals surface area contributed by atoms with Gasteiger partial charge in [0.25, 0.3) is 10.1 Å². The molecule has 4 atom stereocenters. The lowest BCUT2D eigenvalue weighted by Crippen LogP contribution is -2.40. The molecule has 1 saturated heterocycles. The predicted octanol–water partition coefficient (Wildman–Crippen LogP) is -3.16. The van der Waals surface area contributed by atoms with Gasteiger partial charge in [-0.15, -0.1) is 0 Å². The van der Waals surface area contributed by atoms with Gasteiger partial charge in [-0.05, 0) is 0 Å². The van der Waals surface area contributed by atoms with E-state index in [1.165, 1.54) is 0 Å². The summed E-state index contributed by atoms with van der Waals surface area (Å²) in [5, 5.41) is 26.8. The summed E-state index contributed by atoms with van der Waals surface area (Å²) in [5.74, 6) is 0. The van der Waals surface area contributed by atoms with Crippen LogP contribution in [0.5, 0.6) is 0 Å². The van der Waals surface area contributed by atoms with Crippen LogP contribution >= 0.6 is 0 Å². The number of hydrogen-bond acceptors (Lipinski definition) is 6. The van der Waals surface area contributed by atoms with Crippen LogP contribution in [0, 0.1) is 0 Å². The third kappa shape index (κ3) is 1.58. The highest BCUT2D eigenvalue weighted by Crippen LogP contribution is 2.16. The van der Waals surface area contributed by atoms with Crippen LogP contribution in [-0.2, 0) is 10.1 Å². The first-order valence-corrected chi connectivity index (χ1v) is 4.61. The fourth-order valence-electron chi connectivity index (χ4n) is 0.994. The van der Waals surface area contributed by atoms with E-state index >= 15 is 0 Å². The Hall–Kier alpha value is -0.250. The molecule has 0 bridgehead atoms. The largest absolute Gasteiger partial charge is 0.387 e. The van der Waals surface area contributed by atoms with Crippen LogP contribution in [0.15, 0.2) is 0 Å². The molecular formula is C4H9NO6S. The Balaban J connectivity index is 2.86. The smallest absolute Gasteiger partial charge is 0.283 e. The molecule has 7 nitrogen and oxygen atoms in total. The average molecular weight is 199 g/mol. The first-order valence-electron chi connectivity index (χ1n) is 3.10. The monoisotopic (exact) mass is 199 g/mol. The number of aliphatic hydroxyl groups excluding tert-OH is 3. The molecule has 12 heavy (non-hydrogen) atoms. The summed E-state index contributed by atoms with van der Waals surface area (Å²) in [6.45, 7) is 0. The molecule has 0 unspecified atom stereocenters. The molecule has 1 heterocycles. The lowest BCUT2D eigenvalue weighted by Gasteiger charge is -2.11. The molecule has 8 heteroatoms. The minimum atomic E-state index is -4.50. The highest BCUT2D eigenvalue weighted by atomic mass is 32.2. The Morgan fingerprint density at radius 1 is 1.08 bits per heavy atom. The third-order valence-electron chi connectivity index (χ3n) is 1.64. The maximum atomic E-state index is 10.4. The fourth-order valence-corrected chi connectivity index (χ4v) is 1.82. The van der Waals surface area contributed by atoms with Gasteiger partial charge in [-0.2, -0.15) is 8.42 Å². The molecule has 0 aliphatic carbocycles. The van der Waals surface area contributed by atoms with Crippen molar-refractivity contribution >= 4 is 10.1 Å². The molecule has 0 spiro atoms. The number of aliphatic hydroxyl groups is 3. The minimum absolute atomic E-state index is 1.55. The number of nitrogens with one attached hydrogen (secondary N) is 1. The van der Waals surface area contributed by atoms with E-state index in [9.17, 15) is 8.42 Å². The van der Waals surface area contributed by atoms with Gasteiger partial charge in [0.1, 0.15) is 18.4 Å². The van der Waals surface area contributed by atoms with Crippen molar-refractivity contribution in [3.8, 4) is 0 Å². The van der Waals surface area contributed by atoms with Gasteiger partial charge in [0.15, 0.2) is 5.37 Å². The molecular weight excluding hydrogens is 190 g/mol. The molecule has 0 amide bonds. The highest BCUT2D eigenvalue weighted by Gasteiger charge is 2.46. The van der Waals surface area contributed by atoms with Crippen LogP contribution in [-0.4, -0.2) is 52.1 Å². The fraction of sp³-hybridized carbons (Fsp3) is 1.00. The van der Waals surface area contributed by atoms with Crippen LogP contribution in [0.25, 0.3) is 0 Å². The van der Waals surface area contributed by atoms with Gasteiger partial charge in [-0.1, -0.05) is 0 Å². The second-order valence-electron chi connectivity index (χ2n) is 2.53. The molecule has 1 rings (SSSR count). The Labute approximate surface area is 68.4 Å². The predicted molar refractivity (Wildman–Crippen MR) is 36.5 cm³/mol. The van der Waals surface area contributed by atoms with E-state index in [0.29, 0.717) is 0 Å². The van der Waals surface area contributed by atoms with Crippen molar-refractivity contribution in [1.82, 2.24) is 5.32 Å². The van der Waals surface area contributed by atoms with Crippen LogP contribution < -0.4 is 5.32 Å². The third-order valence-corrected chi connectivity index (χ3v) is 2.70. The van der Waals surface area contributed by atoms with E-state index in [2.05, 4.69) is 0 Å². The summed E-state index contributed by atoms with van der Waals surface area (Å²) in [6.07, 6.45) is -4.89. The topological polar surface area (TPSA) is 127 Å². The zero-order chi connectivity index (χ0) is 9.52. The summed E-state index contributed by atoms with van der Waals surface area (Å²) < 4.78 is 29.3. The van der Waals surface area contributed by atoms with Crippen molar-refractivity contribution in [2.45, 2.75) is 23.8 Å². The quantitative estimate of drug-likeness (QED) is 0.282. The Morgan fingerprint density at radius 3 is 1.75 bits per heavy atom. The van der Waals surface area contributed by atoms with Gasteiger partial charge in [0, 0.05) is 0 Å². The number of hydrogen-bond donors (Lipinski definition) is 5. The molecule has 5 N–H and O–H groups in total.